The van der Waals surface area contributed by atoms with E-state index in [1.807, 2.05) is 6.92 Å². The van der Waals surface area contributed by atoms with Crippen LogP contribution in [0.5, 0.6) is 0 Å². The maximum Gasteiger partial charge on any atom is 0.272 e. The van der Waals surface area contributed by atoms with Crippen LogP contribution in [0.3, 0.4) is 0 Å². The summed E-state index contributed by atoms with van der Waals surface area (Å²) >= 11 is 11.8. The number of nitro groups is 1. The van der Waals surface area contributed by atoms with Crippen LogP contribution in [0.25, 0.3) is 0 Å². The third kappa shape index (κ3) is 3.04. The van der Waals surface area contributed by atoms with Crippen molar-refractivity contribution in [2.75, 3.05) is 0 Å². The number of nitrogens with zero attached hydrogens (tertiary/aromatic N) is 1. The Hall–Kier alpha value is -1.58. The molecule has 0 heterocycles. The van der Waals surface area contributed by atoms with Gasteiger partial charge in [0.1, 0.15) is 0 Å². The average Bonchev–Trinajstić information content (AvgIpc) is 2.46. The second-order valence-corrected chi connectivity index (χ2v) is 5.75. The molecule has 3 nitrogen and oxygen atoms in total. The number of rotatable bonds is 5. The Kier molecular flexibility index (Phi) is 4.86. The fourth-order valence-corrected chi connectivity index (χ4v) is 2.82. The van der Waals surface area contributed by atoms with Gasteiger partial charge in [-0.2, -0.15) is 0 Å². The zero-order valence-corrected chi connectivity index (χ0v) is 13.1. The van der Waals surface area contributed by atoms with Crippen molar-refractivity contribution in [1.82, 2.24) is 0 Å². The van der Waals surface area contributed by atoms with E-state index in [4.69, 9.17) is 23.2 Å². The summed E-state index contributed by atoms with van der Waals surface area (Å²) in [6.45, 7) is 1.93. The Morgan fingerprint density at radius 1 is 0.952 bits per heavy atom. The third-order valence-corrected chi connectivity index (χ3v) is 4.07. The quantitative estimate of drug-likeness (QED) is 0.552. The fraction of sp³-hybridized carbons (Fsp3) is 0.250. The van der Waals surface area contributed by atoms with E-state index < -0.39 is 5.54 Å². The Morgan fingerprint density at radius 3 is 1.62 bits per heavy atom. The molecule has 0 aliphatic heterocycles. The van der Waals surface area contributed by atoms with Gasteiger partial charge in [0.2, 0.25) is 0 Å². The van der Waals surface area contributed by atoms with Gasteiger partial charge in [-0.15, -0.1) is 0 Å². The molecule has 0 radical (unpaired) electrons. The lowest BCUT2D eigenvalue weighted by Crippen LogP contribution is -2.36. The van der Waals surface area contributed by atoms with Crippen LogP contribution in [-0.4, -0.2) is 4.92 Å². The van der Waals surface area contributed by atoms with Gasteiger partial charge in [0.25, 0.3) is 5.54 Å². The fourth-order valence-electron chi connectivity index (χ4n) is 2.57. The van der Waals surface area contributed by atoms with Crippen molar-refractivity contribution >= 4 is 23.2 Å². The molecule has 2 aromatic carbocycles. The summed E-state index contributed by atoms with van der Waals surface area (Å²) in [6.07, 6.45) is 1.09. The minimum absolute atomic E-state index is 0.219. The molecule has 0 aliphatic rings. The molecule has 21 heavy (non-hydrogen) atoms. The van der Waals surface area contributed by atoms with Crippen molar-refractivity contribution < 1.29 is 4.92 Å². The maximum atomic E-state index is 11.9. The Bertz CT molecular complexity index is 578. The number of benzene rings is 2. The van der Waals surface area contributed by atoms with Crippen molar-refractivity contribution in [2.24, 2.45) is 0 Å². The summed E-state index contributed by atoms with van der Waals surface area (Å²) in [5.74, 6) is 0. The molecular weight excluding hydrogens is 309 g/mol. The highest BCUT2D eigenvalue weighted by Gasteiger charge is 2.45. The van der Waals surface area contributed by atoms with E-state index in [0.29, 0.717) is 34.0 Å². The molecule has 0 aromatic heterocycles. The monoisotopic (exact) mass is 323 g/mol. The molecule has 0 saturated carbocycles. The topological polar surface area (TPSA) is 43.1 Å². The van der Waals surface area contributed by atoms with Gasteiger partial charge in [-0.25, -0.2) is 0 Å². The van der Waals surface area contributed by atoms with Crippen molar-refractivity contribution in [3.05, 3.63) is 79.8 Å². The molecule has 0 amide bonds. The van der Waals surface area contributed by atoms with E-state index >= 15 is 0 Å². The molecule has 0 N–H and O–H groups in total. The predicted molar refractivity (Wildman–Crippen MR) is 85.6 cm³/mol. The Morgan fingerprint density at radius 2 is 1.33 bits per heavy atom. The van der Waals surface area contributed by atoms with E-state index in [9.17, 15) is 10.1 Å². The molecule has 0 spiro atoms. The van der Waals surface area contributed by atoms with Crippen molar-refractivity contribution in [3.8, 4) is 0 Å². The molecule has 2 aromatic rings. The smallest absolute Gasteiger partial charge is 0.263 e. The zero-order valence-electron chi connectivity index (χ0n) is 11.6. The molecule has 0 unspecified atom stereocenters. The van der Waals surface area contributed by atoms with Gasteiger partial charge in [0, 0.05) is 32.5 Å². The van der Waals surface area contributed by atoms with Crippen LogP contribution in [0.1, 0.15) is 30.9 Å². The van der Waals surface area contributed by atoms with Gasteiger partial charge in [-0.05, 0) is 30.7 Å². The number of hydrogen-bond donors (Lipinski definition) is 0. The lowest BCUT2D eigenvalue weighted by molar-refractivity contribution is -0.567. The van der Waals surface area contributed by atoms with Gasteiger partial charge in [0.05, 0.1) is 0 Å². The van der Waals surface area contributed by atoms with Crippen LogP contribution >= 0.6 is 23.2 Å². The molecule has 2 rings (SSSR count). The molecule has 0 saturated heterocycles. The number of hydrogen-bond acceptors (Lipinski definition) is 2. The highest BCUT2D eigenvalue weighted by atomic mass is 35.5. The summed E-state index contributed by atoms with van der Waals surface area (Å²) in [5, 5.41) is 13.0. The molecule has 110 valence electrons. The average molecular weight is 324 g/mol. The van der Waals surface area contributed by atoms with Crippen LogP contribution in [0.2, 0.25) is 10.0 Å². The van der Waals surface area contributed by atoms with Crippen LogP contribution < -0.4 is 0 Å². The van der Waals surface area contributed by atoms with E-state index in [2.05, 4.69) is 0 Å². The first-order valence-corrected chi connectivity index (χ1v) is 7.43. The predicted octanol–water partition coefficient (Wildman–Crippen LogP) is 5.31. The summed E-state index contributed by atoms with van der Waals surface area (Å²) in [7, 11) is 0. The summed E-state index contributed by atoms with van der Waals surface area (Å²) in [4.78, 5) is 11.7. The van der Waals surface area contributed by atoms with Crippen LogP contribution in [0.15, 0.2) is 48.5 Å². The lowest BCUT2D eigenvalue weighted by Gasteiger charge is -2.26. The second kappa shape index (κ2) is 6.46. The van der Waals surface area contributed by atoms with E-state index in [1.54, 1.807) is 48.5 Å². The van der Waals surface area contributed by atoms with E-state index in [0.717, 1.165) is 0 Å². The molecular formula is C16H15Cl2NO2. The first-order chi connectivity index (χ1) is 10.0. The van der Waals surface area contributed by atoms with Crippen molar-refractivity contribution in [2.45, 2.75) is 25.3 Å². The van der Waals surface area contributed by atoms with Crippen LogP contribution in [-0.2, 0) is 5.54 Å². The summed E-state index contributed by atoms with van der Waals surface area (Å²) in [6, 6.07) is 13.6. The Labute approximate surface area is 133 Å². The van der Waals surface area contributed by atoms with Crippen LogP contribution in [0.4, 0.5) is 0 Å². The van der Waals surface area contributed by atoms with Gasteiger partial charge in [-0.1, -0.05) is 54.4 Å². The number of halogens is 2. The largest absolute Gasteiger partial charge is 0.272 e. The van der Waals surface area contributed by atoms with Crippen molar-refractivity contribution in [3.63, 3.8) is 0 Å². The van der Waals surface area contributed by atoms with Gasteiger partial charge >= 0.3 is 0 Å². The molecule has 0 atom stereocenters. The molecule has 0 fully saturated rings. The molecule has 0 aliphatic carbocycles. The Balaban J connectivity index is 2.65. The SMILES string of the molecule is CCCC(c1ccc(Cl)cc1)(c1ccc(Cl)cc1)[N+](=O)[O-]. The molecule has 0 bridgehead atoms. The van der Waals surface area contributed by atoms with Gasteiger partial charge < -0.3 is 0 Å². The molecule has 5 heteroatoms. The van der Waals surface area contributed by atoms with Crippen molar-refractivity contribution in [1.29, 1.82) is 0 Å². The third-order valence-electron chi connectivity index (χ3n) is 3.57. The minimum atomic E-state index is -1.27. The van der Waals surface area contributed by atoms with Gasteiger partial charge in [-0.3, -0.25) is 10.1 Å². The normalized spacial score (nSPS) is 11.4. The summed E-state index contributed by atoms with van der Waals surface area (Å²) in [5.41, 5.74) is -0.0219. The lowest BCUT2D eigenvalue weighted by atomic mass is 9.80. The minimum Gasteiger partial charge on any atom is -0.263 e. The maximum absolute atomic E-state index is 11.9. The highest BCUT2D eigenvalue weighted by Crippen LogP contribution is 2.38. The van der Waals surface area contributed by atoms with Gasteiger partial charge in [0.15, 0.2) is 0 Å². The van der Waals surface area contributed by atoms with Crippen LogP contribution in [0, 0.1) is 10.1 Å². The van der Waals surface area contributed by atoms with E-state index in [1.165, 1.54) is 0 Å². The van der Waals surface area contributed by atoms with E-state index in [-0.39, 0.29) is 4.92 Å². The highest BCUT2D eigenvalue weighted by molar-refractivity contribution is 6.30. The zero-order chi connectivity index (χ0) is 15.5. The standard InChI is InChI=1S/C16H15Cl2NO2/c1-2-11-16(19(20)21,12-3-7-14(17)8-4-12)13-5-9-15(18)10-6-13/h3-10H,2,11H2,1H3. The first-order valence-electron chi connectivity index (χ1n) is 6.67. The second-order valence-electron chi connectivity index (χ2n) is 4.88. The summed E-state index contributed by atoms with van der Waals surface area (Å²) < 4.78 is 0. The first kappa shape index (κ1) is 15.8.